The van der Waals surface area contributed by atoms with Gasteiger partial charge in [0.25, 0.3) is 5.91 Å². The summed E-state index contributed by atoms with van der Waals surface area (Å²) in [6.07, 6.45) is 0.445. The van der Waals surface area contributed by atoms with E-state index in [2.05, 4.69) is 5.32 Å². The van der Waals surface area contributed by atoms with Crippen LogP contribution in [0.2, 0.25) is 5.02 Å². The molecule has 1 fully saturated rings. The van der Waals surface area contributed by atoms with Gasteiger partial charge in [-0.3, -0.25) is 4.79 Å². The molecular weight excluding hydrogens is 294 g/mol. The fourth-order valence-electron chi connectivity index (χ4n) is 1.74. The number of carbonyl (C=O) groups excluding carboxylic acids is 1. The Morgan fingerprint density at radius 2 is 2.28 bits per heavy atom. The second kappa shape index (κ2) is 5.11. The molecule has 1 saturated heterocycles. The minimum atomic E-state index is -1.15. The Morgan fingerprint density at radius 3 is 2.72 bits per heavy atom. The summed E-state index contributed by atoms with van der Waals surface area (Å²) in [6.45, 7) is 1.81. The van der Waals surface area contributed by atoms with Crippen molar-refractivity contribution >= 4 is 46.6 Å². The van der Waals surface area contributed by atoms with Crippen LogP contribution in [0.1, 0.15) is 21.7 Å². The minimum absolute atomic E-state index is 0.381. The van der Waals surface area contributed by atoms with Crippen LogP contribution in [0.3, 0.4) is 0 Å². The van der Waals surface area contributed by atoms with Crippen LogP contribution in [0.25, 0.3) is 0 Å². The molecule has 1 aliphatic heterocycles. The number of thioether (sulfide) groups is 1. The highest BCUT2D eigenvalue weighted by Gasteiger charge is 2.43. The van der Waals surface area contributed by atoms with Gasteiger partial charge in [-0.2, -0.15) is 11.8 Å². The fourth-order valence-corrected chi connectivity index (χ4v) is 4.24. The molecule has 1 amide bonds. The summed E-state index contributed by atoms with van der Waals surface area (Å²) in [5.41, 5.74) is -0.319. The molecule has 0 radical (unpaired) electrons. The van der Waals surface area contributed by atoms with E-state index in [-0.39, 0.29) is 0 Å². The number of halogens is 1. The average molecular weight is 306 g/mol. The van der Waals surface area contributed by atoms with Crippen LogP contribution in [-0.2, 0) is 4.79 Å². The number of rotatable bonds is 3. The number of aliphatic carboxylic acids is 1. The molecule has 0 bridgehead atoms. The molecule has 1 atom stereocenters. The first-order chi connectivity index (χ1) is 8.46. The number of hydrogen-bond acceptors (Lipinski definition) is 4. The standard InChI is InChI=1S/C11H12ClNO3S2/c1-6-4-18-8(7(6)12)9(14)13-11(10(15)16)2-3-17-5-11/h4H,2-3,5H2,1H3,(H,13,14)(H,15,16). The zero-order chi connectivity index (χ0) is 13.3. The Hall–Kier alpha value is -0.720. The normalized spacial score (nSPS) is 23.0. The predicted molar refractivity (Wildman–Crippen MR) is 73.8 cm³/mol. The quantitative estimate of drug-likeness (QED) is 0.900. The number of nitrogens with one attached hydrogen (secondary N) is 1. The van der Waals surface area contributed by atoms with Crippen molar-refractivity contribution in [2.24, 2.45) is 0 Å². The maximum atomic E-state index is 12.1. The van der Waals surface area contributed by atoms with E-state index >= 15 is 0 Å². The highest BCUT2D eigenvalue weighted by atomic mass is 35.5. The second-order valence-electron chi connectivity index (χ2n) is 4.21. The van der Waals surface area contributed by atoms with E-state index in [0.717, 1.165) is 11.3 Å². The first-order valence-corrected chi connectivity index (χ1v) is 7.75. The summed E-state index contributed by atoms with van der Waals surface area (Å²) >= 11 is 8.78. The molecule has 18 heavy (non-hydrogen) atoms. The van der Waals surface area contributed by atoms with Gasteiger partial charge in [0, 0.05) is 5.75 Å². The number of thiophene rings is 1. The van der Waals surface area contributed by atoms with E-state index in [4.69, 9.17) is 11.6 Å². The Morgan fingerprint density at radius 1 is 1.56 bits per heavy atom. The van der Waals surface area contributed by atoms with Crippen LogP contribution in [0, 0.1) is 6.92 Å². The summed E-state index contributed by atoms with van der Waals surface area (Å²) < 4.78 is 0. The van der Waals surface area contributed by atoms with Crippen molar-refractivity contribution in [2.45, 2.75) is 18.9 Å². The zero-order valence-electron chi connectivity index (χ0n) is 9.66. The zero-order valence-corrected chi connectivity index (χ0v) is 12.0. The van der Waals surface area contributed by atoms with Crippen molar-refractivity contribution in [2.75, 3.05) is 11.5 Å². The first-order valence-electron chi connectivity index (χ1n) is 5.33. The van der Waals surface area contributed by atoms with Gasteiger partial charge in [0.1, 0.15) is 10.4 Å². The lowest BCUT2D eigenvalue weighted by Gasteiger charge is -2.24. The number of hydrogen-bond donors (Lipinski definition) is 2. The molecule has 0 saturated carbocycles. The number of carboxylic acid groups (broad SMARTS) is 1. The van der Waals surface area contributed by atoms with Crippen LogP contribution < -0.4 is 5.32 Å². The molecule has 1 aromatic rings. The Labute approximate surface area is 118 Å². The first kappa shape index (κ1) is 13.7. The highest BCUT2D eigenvalue weighted by Crippen LogP contribution is 2.31. The van der Waals surface area contributed by atoms with E-state index < -0.39 is 17.4 Å². The van der Waals surface area contributed by atoms with Crippen LogP contribution in [0.5, 0.6) is 0 Å². The topological polar surface area (TPSA) is 66.4 Å². The van der Waals surface area contributed by atoms with Crippen LogP contribution >= 0.6 is 34.7 Å². The lowest BCUT2D eigenvalue weighted by atomic mass is 9.99. The number of carboxylic acids is 1. The minimum Gasteiger partial charge on any atom is -0.479 e. The molecule has 2 N–H and O–H groups in total. The van der Waals surface area contributed by atoms with Gasteiger partial charge in [0.05, 0.1) is 5.02 Å². The van der Waals surface area contributed by atoms with Gasteiger partial charge in [-0.25, -0.2) is 4.79 Å². The monoisotopic (exact) mass is 305 g/mol. The number of carbonyl (C=O) groups is 2. The second-order valence-corrected chi connectivity index (χ2v) is 6.57. The van der Waals surface area contributed by atoms with Gasteiger partial charge in [-0.1, -0.05) is 11.6 Å². The molecule has 7 heteroatoms. The molecule has 1 unspecified atom stereocenters. The van der Waals surface area contributed by atoms with Gasteiger partial charge in [-0.15, -0.1) is 11.3 Å². The molecule has 2 rings (SSSR count). The molecule has 4 nitrogen and oxygen atoms in total. The van der Waals surface area contributed by atoms with Crippen LogP contribution in [0.4, 0.5) is 0 Å². The summed E-state index contributed by atoms with van der Waals surface area (Å²) in [6, 6.07) is 0. The third-order valence-electron chi connectivity index (χ3n) is 2.89. The predicted octanol–water partition coefficient (Wildman–Crippen LogP) is 2.40. The maximum Gasteiger partial charge on any atom is 0.330 e. The summed E-state index contributed by atoms with van der Waals surface area (Å²) in [4.78, 5) is 23.8. The van der Waals surface area contributed by atoms with E-state index in [1.54, 1.807) is 5.38 Å². The van der Waals surface area contributed by atoms with Crippen molar-refractivity contribution in [1.82, 2.24) is 5.32 Å². The van der Waals surface area contributed by atoms with Crippen molar-refractivity contribution in [3.05, 3.63) is 20.8 Å². The van der Waals surface area contributed by atoms with Crippen molar-refractivity contribution in [3.8, 4) is 0 Å². The van der Waals surface area contributed by atoms with E-state index in [0.29, 0.717) is 22.1 Å². The van der Waals surface area contributed by atoms with Crippen molar-refractivity contribution < 1.29 is 14.7 Å². The molecule has 0 aromatic carbocycles. The largest absolute Gasteiger partial charge is 0.479 e. The maximum absolute atomic E-state index is 12.1. The van der Waals surface area contributed by atoms with E-state index in [1.807, 2.05) is 6.92 Å². The fraction of sp³-hybridized carbons (Fsp3) is 0.455. The van der Waals surface area contributed by atoms with Crippen LogP contribution in [0.15, 0.2) is 5.38 Å². The molecule has 2 heterocycles. The van der Waals surface area contributed by atoms with Crippen LogP contribution in [-0.4, -0.2) is 34.0 Å². The Balaban J connectivity index is 2.20. The average Bonchev–Trinajstić information content (AvgIpc) is 2.89. The lowest BCUT2D eigenvalue weighted by molar-refractivity contribution is -0.143. The van der Waals surface area contributed by atoms with Crippen molar-refractivity contribution in [3.63, 3.8) is 0 Å². The third-order valence-corrected chi connectivity index (χ3v) is 5.77. The van der Waals surface area contributed by atoms with Gasteiger partial charge in [0.2, 0.25) is 0 Å². The molecule has 0 spiro atoms. The molecule has 1 aromatic heterocycles. The smallest absolute Gasteiger partial charge is 0.330 e. The van der Waals surface area contributed by atoms with Gasteiger partial charge < -0.3 is 10.4 Å². The number of amides is 1. The molecular formula is C11H12ClNO3S2. The highest BCUT2D eigenvalue weighted by molar-refractivity contribution is 7.99. The number of aryl methyl sites for hydroxylation is 1. The summed E-state index contributed by atoms with van der Waals surface area (Å²) in [5, 5.41) is 14.1. The molecule has 1 aliphatic rings. The lowest BCUT2D eigenvalue weighted by Crippen LogP contribution is -2.54. The Bertz CT molecular complexity index is 494. The third kappa shape index (κ3) is 2.37. The van der Waals surface area contributed by atoms with E-state index in [9.17, 15) is 14.7 Å². The summed E-state index contributed by atoms with van der Waals surface area (Å²) in [5.74, 6) is -0.243. The molecule has 98 valence electrons. The summed E-state index contributed by atoms with van der Waals surface area (Å²) in [7, 11) is 0. The SMILES string of the molecule is Cc1csc(C(=O)NC2(C(=O)O)CCSC2)c1Cl. The van der Waals surface area contributed by atoms with Gasteiger partial charge in [0.15, 0.2) is 0 Å². The van der Waals surface area contributed by atoms with Crippen molar-refractivity contribution in [1.29, 1.82) is 0 Å². The van der Waals surface area contributed by atoms with Gasteiger partial charge >= 0.3 is 5.97 Å². The molecule has 0 aliphatic carbocycles. The van der Waals surface area contributed by atoms with E-state index in [1.165, 1.54) is 23.1 Å². The van der Waals surface area contributed by atoms with Gasteiger partial charge in [-0.05, 0) is 30.0 Å². The Kier molecular flexibility index (Phi) is 3.89.